The lowest BCUT2D eigenvalue weighted by atomic mass is 9.85. The van der Waals surface area contributed by atoms with Crippen LogP contribution in [0, 0.1) is 0 Å². The number of anilines is 1. The molecule has 9 heteroatoms. The van der Waals surface area contributed by atoms with Crippen molar-refractivity contribution in [2.24, 2.45) is 7.05 Å². The lowest BCUT2D eigenvalue weighted by Crippen LogP contribution is -2.24. The zero-order valence-electron chi connectivity index (χ0n) is 19.9. The summed E-state index contributed by atoms with van der Waals surface area (Å²) in [6, 6.07) is 8.91. The molecule has 0 aliphatic heterocycles. The average Bonchev–Trinajstić information content (AvgIpc) is 3.11. The van der Waals surface area contributed by atoms with Crippen LogP contribution in [-0.4, -0.2) is 49.3 Å². The minimum Gasteiger partial charge on any atom is -0.497 e. The Balaban J connectivity index is 1.68. The van der Waals surface area contributed by atoms with Gasteiger partial charge in [0.1, 0.15) is 23.9 Å². The fraction of sp³-hybridized carbons (Fsp3) is 0.400. The number of nitrogens with zero attached hydrogens (tertiary/aromatic N) is 2. The van der Waals surface area contributed by atoms with Crippen molar-refractivity contribution in [1.29, 1.82) is 0 Å². The molecule has 0 bridgehead atoms. The summed E-state index contributed by atoms with van der Waals surface area (Å²) in [5.41, 5.74) is 3.13. The van der Waals surface area contributed by atoms with E-state index < -0.39 is 0 Å². The van der Waals surface area contributed by atoms with Gasteiger partial charge < -0.3 is 29.4 Å². The van der Waals surface area contributed by atoms with Crippen molar-refractivity contribution >= 4 is 28.5 Å². The maximum absolute atomic E-state index is 13.4. The van der Waals surface area contributed by atoms with Crippen LogP contribution in [0.4, 0.5) is 5.69 Å². The van der Waals surface area contributed by atoms with Crippen LogP contribution in [0.3, 0.4) is 0 Å². The molecule has 9 nitrogen and oxygen atoms in total. The standard InChI is InChI=1S/C25H30N4O5/c1-29-23-19(25(31)26-13-16-10-18(33-3)8-9-21(16)34-4)11-17(27-22(30)14-32-2)12-20(23)28-24(29)15-6-5-7-15/h8-12,15H,5-7,13-14H2,1-4H3,(H,26,31)(H,27,30). The van der Waals surface area contributed by atoms with Gasteiger partial charge in [-0.2, -0.15) is 0 Å². The molecule has 0 spiro atoms. The molecule has 1 fully saturated rings. The van der Waals surface area contributed by atoms with E-state index in [0.29, 0.717) is 34.2 Å². The molecular formula is C25H30N4O5. The van der Waals surface area contributed by atoms with Crippen molar-refractivity contribution in [2.45, 2.75) is 31.7 Å². The van der Waals surface area contributed by atoms with Crippen molar-refractivity contribution in [2.75, 3.05) is 33.3 Å². The molecule has 1 saturated carbocycles. The van der Waals surface area contributed by atoms with Gasteiger partial charge in [0.15, 0.2) is 0 Å². The fourth-order valence-electron chi connectivity index (χ4n) is 4.27. The molecule has 2 aromatic carbocycles. The van der Waals surface area contributed by atoms with E-state index in [2.05, 4.69) is 10.6 Å². The van der Waals surface area contributed by atoms with Gasteiger partial charge in [0, 0.05) is 37.9 Å². The molecule has 2 N–H and O–H groups in total. The van der Waals surface area contributed by atoms with Crippen LogP contribution in [0.25, 0.3) is 11.0 Å². The summed E-state index contributed by atoms with van der Waals surface area (Å²) in [7, 11) is 6.57. The Morgan fingerprint density at radius 1 is 1.12 bits per heavy atom. The maximum Gasteiger partial charge on any atom is 0.253 e. The van der Waals surface area contributed by atoms with Gasteiger partial charge in [-0.25, -0.2) is 4.98 Å². The molecule has 0 atom stereocenters. The Kier molecular flexibility index (Phi) is 7.02. The predicted molar refractivity (Wildman–Crippen MR) is 129 cm³/mol. The molecule has 0 saturated heterocycles. The zero-order valence-corrected chi connectivity index (χ0v) is 19.9. The van der Waals surface area contributed by atoms with Gasteiger partial charge in [-0.05, 0) is 43.2 Å². The number of carbonyl (C=O) groups excluding carboxylic acids is 2. The molecule has 34 heavy (non-hydrogen) atoms. The Bertz CT molecular complexity index is 1220. The van der Waals surface area contributed by atoms with Gasteiger partial charge >= 0.3 is 0 Å². The summed E-state index contributed by atoms with van der Waals surface area (Å²) in [6.07, 6.45) is 3.36. The number of methoxy groups -OCH3 is 3. The highest BCUT2D eigenvalue weighted by atomic mass is 16.5. The van der Waals surface area contributed by atoms with Crippen molar-refractivity contribution in [3.8, 4) is 11.5 Å². The topological polar surface area (TPSA) is 104 Å². The van der Waals surface area contributed by atoms with Gasteiger partial charge in [0.25, 0.3) is 5.91 Å². The molecule has 1 heterocycles. The second-order valence-corrected chi connectivity index (χ2v) is 8.39. The quantitative estimate of drug-likeness (QED) is 0.501. The van der Waals surface area contributed by atoms with Crippen molar-refractivity contribution in [3.05, 3.63) is 47.3 Å². The number of benzene rings is 2. The monoisotopic (exact) mass is 466 g/mol. The number of hydrogen-bond acceptors (Lipinski definition) is 6. The van der Waals surface area contributed by atoms with Gasteiger partial charge in [-0.15, -0.1) is 0 Å². The van der Waals surface area contributed by atoms with Gasteiger partial charge in [-0.1, -0.05) is 6.42 Å². The smallest absolute Gasteiger partial charge is 0.253 e. The van der Waals surface area contributed by atoms with E-state index in [0.717, 1.165) is 29.7 Å². The van der Waals surface area contributed by atoms with Crippen molar-refractivity contribution in [1.82, 2.24) is 14.9 Å². The van der Waals surface area contributed by atoms with E-state index in [-0.39, 0.29) is 25.0 Å². The van der Waals surface area contributed by atoms with Crippen LogP contribution < -0.4 is 20.1 Å². The third-order valence-electron chi connectivity index (χ3n) is 6.20. The molecule has 0 unspecified atom stereocenters. The number of imidazole rings is 1. The van der Waals surface area contributed by atoms with E-state index >= 15 is 0 Å². The Morgan fingerprint density at radius 3 is 2.56 bits per heavy atom. The minimum atomic E-state index is -0.301. The number of aryl methyl sites for hydroxylation is 1. The number of amides is 2. The number of hydrogen-bond donors (Lipinski definition) is 2. The van der Waals surface area contributed by atoms with Crippen LogP contribution in [0.15, 0.2) is 30.3 Å². The van der Waals surface area contributed by atoms with E-state index in [1.165, 1.54) is 13.5 Å². The Labute approximate surface area is 198 Å². The molecule has 0 radical (unpaired) electrons. The second kappa shape index (κ2) is 10.1. The first-order valence-electron chi connectivity index (χ1n) is 11.2. The molecule has 180 valence electrons. The number of aromatic nitrogens is 2. The van der Waals surface area contributed by atoms with Crippen LogP contribution in [0.1, 0.15) is 46.9 Å². The zero-order chi connectivity index (χ0) is 24.2. The number of fused-ring (bicyclic) bond motifs is 1. The third-order valence-corrected chi connectivity index (χ3v) is 6.20. The largest absolute Gasteiger partial charge is 0.497 e. The van der Waals surface area contributed by atoms with Crippen molar-refractivity contribution < 1.29 is 23.8 Å². The molecule has 4 rings (SSSR count). The summed E-state index contributed by atoms with van der Waals surface area (Å²) in [5, 5.41) is 5.77. The Hall–Kier alpha value is -3.59. The Morgan fingerprint density at radius 2 is 1.91 bits per heavy atom. The normalized spacial score (nSPS) is 13.4. The predicted octanol–water partition coefficient (Wildman–Crippen LogP) is 3.37. The third kappa shape index (κ3) is 4.70. The van der Waals surface area contributed by atoms with Gasteiger partial charge in [0.2, 0.25) is 5.91 Å². The number of ether oxygens (including phenoxy) is 3. The second-order valence-electron chi connectivity index (χ2n) is 8.39. The molecule has 1 aliphatic rings. The highest BCUT2D eigenvalue weighted by molar-refractivity contribution is 6.07. The summed E-state index contributed by atoms with van der Waals surface area (Å²) in [5.74, 6) is 2.10. The molecular weight excluding hydrogens is 436 g/mol. The first-order valence-corrected chi connectivity index (χ1v) is 11.2. The lowest BCUT2D eigenvalue weighted by Gasteiger charge is -2.24. The summed E-state index contributed by atoms with van der Waals surface area (Å²) in [4.78, 5) is 30.3. The van der Waals surface area contributed by atoms with Crippen LogP contribution in [-0.2, 0) is 23.1 Å². The molecule has 1 aromatic heterocycles. The number of nitrogens with one attached hydrogen (secondary N) is 2. The summed E-state index contributed by atoms with van der Waals surface area (Å²) < 4.78 is 17.6. The lowest BCUT2D eigenvalue weighted by molar-refractivity contribution is -0.119. The van der Waals surface area contributed by atoms with E-state index in [1.54, 1.807) is 38.5 Å². The summed E-state index contributed by atoms with van der Waals surface area (Å²) in [6.45, 7) is 0.166. The first-order chi connectivity index (χ1) is 16.4. The molecule has 2 amide bonds. The molecule has 3 aromatic rings. The fourth-order valence-corrected chi connectivity index (χ4v) is 4.27. The van der Waals surface area contributed by atoms with Crippen LogP contribution >= 0.6 is 0 Å². The van der Waals surface area contributed by atoms with Crippen molar-refractivity contribution in [3.63, 3.8) is 0 Å². The number of carbonyl (C=O) groups is 2. The minimum absolute atomic E-state index is 0.0786. The average molecular weight is 467 g/mol. The van der Waals surface area contributed by atoms with Crippen LogP contribution in [0.2, 0.25) is 0 Å². The SMILES string of the molecule is COCC(=O)Nc1cc(C(=O)NCc2cc(OC)ccc2OC)c2c(c1)nc(C1CCC1)n2C. The van der Waals surface area contributed by atoms with Crippen LogP contribution in [0.5, 0.6) is 11.5 Å². The van der Waals surface area contributed by atoms with E-state index in [4.69, 9.17) is 19.2 Å². The first kappa shape index (κ1) is 23.6. The van der Waals surface area contributed by atoms with E-state index in [9.17, 15) is 9.59 Å². The van der Waals surface area contributed by atoms with Gasteiger partial charge in [0.05, 0.1) is 30.8 Å². The summed E-state index contributed by atoms with van der Waals surface area (Å²) >= 11 is 0. The highest BCUT2D eigenvalue weighted by Gasteiger charge is 2.27. The van der Waals surface area contributed by atoms with Gasteiger partial charge in [-0.3, -0.25) is 9.59 Å². The maximum atomic E-state index is 13.4. The highest BCUT2D eigenvalue weighted by Crippen LogP contribution is 2.38. The molecule has 1 aliphatic carbocycles. The number of rotatable bonds is 9. The van der Waals surface area contributed by atoms with E-state index in [1.807, 2.05) is 17.7 Å².